The summed E-state index contributed by atoms with van der Waals surface area (Å²) in [6, 6.07) is 7.15. The third-order valence-electron chi connectivity index (χ3n) is 1.00. The summed E-state index contributed by atoms with van der Waals surface area (Å²) in [5.41, 5.74) is 1.09. The summed E-state index contributed by atoms with van der Waals surface area (Å²) in [6.45, 7) is 1.94. The van der Waals surface area contributed by atoms with Crippen LogP contribution in [0.5, 0.6) is 5.75 Å². The molecule has 54 valence electrons. The first-order valence-electron chi connectivity index (χ1n) is 2.54. The van der Waals surface area contributed by atoms with Gasteiger partial charge in [-0.1, -0.05) is 12.1 Å². The molecule has 0 aliphatic heterocycles. The average Bonchev–Trinajstić information content (AvgIpc) is 1.64. The number of benzene rings is 1. The molecule has 0 saturated carbocycles. The molecular formula is C7H11BrCaO. The molecule has 0 bridgehead atoms. The Balaban J connectivity index is -0.0000000800. The molecule has 0 aliphatic carbocycles. The van der Waals surface area contributed by atoms with Gasteiger partial charge in [0, 0.05) is 0 Å². The Morgan fingerprint density at radius 2 is 2.00 bits per heavy atom. The van der Waals surface area contributed by atoms with Crippen LogP contribution in [-0.2, 0) is 0 Å². The van der Waals surface area contributed by atoms with Crippen LogP contribution < -0.4 is 0 Å². The molecule has 1 N–H and O–H groups in total. The van der Waals surface area contributed by atoms with Crippen LogP contribution in [0, 0.1) is 6.92 Å². The fourth-order valence-electron chi connectivity index (χ4n) is 0.628. The van der Waals surface area contributed by atoms with Crippen molar-refractivity contribution in [3.05, 3.63) is 29.8 Å². The first-order valence-corrected chi connectivity index (χ1v) is 2.54. The van der Waals surface area contributed by atoms with Crippen LogP contribution in [0.1, 0.15) is 8.42 Å². The number of aromatic hydroxyl groups is 1. The summed E-state index contributed by atoms with van der Waals surface area (Å²) >= 11 is 0. The van der Waals surface area contributed by atoms with Crippen molar-refractivity contribution in [3.63, 3.8) is 0 Å². The fraction of sp³-hybridized carbons (Fsp3) is 0.143. The standard InChI is InChI=1S/C7H8O.BrH.Ca.2H/c1-6-3-2-4-7(8)5-6;;;;/h2-5,8H,1H3;1H;;;/q;;+2;2*-1. The molecule has 0 radical (unpaired) electrons. The van der Waals surface area contributed by atoms with Crippen molar-refractivity contribution in [2.45, 2.75) is 6.92 Å². The van der Waals surface area contributed by atoms with Gasteiger partial charge in [0.05, 0.1) is 0 Å². The largest absolute Gasteiger partial charge is 2.00 e. The van der Waals surface area contributed by atoms with E-state index in [0.29, 0.717) is 5.75 Å². The van der Waals surface area contributed by atoms with E-state index in [0.717, 1.165) is 5.56 Å². The number of phenols is 1. The average molecular weight is 231 g/mol. The first kappa shape index (κ1) is 13.4. The van der Waals surface area contributed by atoms with Gasteiger partial charge in [0.25, 0.3) is 0 Å². The van der Waals surface area contributed by atoms with E-state index < -0.39 is 0 Å². The Morgan fingerprint density at radius 1 is 1.40 bits per heavy atom. The van der Waals surface area contributed by atoms with E-state index >= 15 is 0 Å². The van der Waals surface area contributed by atoms with Gasteiger partial charge in [-0.15, -0.1) is 17.0 Å². The molecule has 1 rings (SSSR count). The minimum absolute atomic E-state index is 0. The number of halogens is 1. The molecule has 0 fully saturated rings. The summed E-state index contributed by atoms with van der Waals surface area (Å²) in [5, 5.41) is 8.81. The minimum Gasteiger partial charge on any atom is -1.00 e. The Bertz CT molecular complexity index is 181. The zero-order valence-corrected chi connectivity index (χ0v) is 9.79. The zero-order valence-electron chi connectivity index (χ0n) is 7.87. The normalized spacial score (nSPS) is 7.30. The van der Waals surface area contributed by atoms with Crippen LogP contribution in [0.15, 0.2) is 24.3 Å². The van der Waals surface area contributed by atoms with Crippen LogP contribution >= 0.6 is 17.0 Å². The number of hydrogen-bond donors (Lipinski definition) is 1. The topological polar surface area (TPSA) is 20.2 Å². The second-order valence-corrected chi connectivity index (χ2v) is 1.84. The molecule has 0 aliphatic rings. The van der Waals surface area contributed by atoms with Crippen molar-refractivity contribution in [1.29, 1.82) is 0 Å². The van der Waals surface area contributed by atoms with Gasteiger partial charge in [-0.2, -0.15) is 0 Å². The number of aryl methyl sites for hydroxylation is 1. The van der Waals surface area contributed by atoms with Crippen molar-refractivity contribution in [2.75, 3.05) is 0 Å². The summed E-state index contributed by atoms with van der Waals surface area (Å²) in [5.74, 6) is 0.338. The zero-order chi connectivity index (χ0) is 5.98. The van der Waals surface area contributed by atoms with Gasteiger partial charge >= 0.3 is 37.7 Å². The summed E-state index contributed by atoms with van der Waals surface area (Å²) in [7, 11) is 0. The van der Waals surface area contributed by atoms with Gasteiger partial charge in [0.2, 0.25) is 0 Å². The Morgan fingerprint density at radius 3 is 2.30 bits per heavy atom. The molecule has 0 heterocycles. The van der Waals surface area contributed by atoms with E-state index in [1.54, 1.807) is 12.1 Å². The molecule has 10 heavy (non-hydrogen) atoms. The van der Waals surface area contributed by atoms with Crippen molar-refractivity contribution >= 4 is 54.7 Å². The van der Waals surface area contributed by atoms with E-state index in [4.69, 9.17) is 5.11 Å². The molecule has 0 unspecified atom stereocenters. The second kappa shape index (κ2) is 6.47. The van der Waals surface area contributed by atoms with Crippen LogP contribution in [0.2, 0.25) is 0 Å². The second-order valence-electron chi connectivity index (χ2n) is 1.84. The molecular weight excluding hydrogens is 220 g/mol. The van der Waals surface area contributed by atoms with Crippen LogP contribution in [0.4, 0.5) is 0 Å². The summed E-state index contributed by atoms with van der Waals surface area (Å²) < 4.78 is 0. The van der Waals surface area contributed by atoms with Crippen molar-refractivity contribution in [2.24, 2.45) is 0 Å². The van der Waals surface area contributed by atoms with Crippen LogP contribution in [-0.4, -0.2) is 42.8 Å². The van der Waals surface area contributed by atoms with E-state index in [9.17, 15) is 0 Å². The first-order chi connectivity index (χ1) is 3.79. The Kier molecular flexibility index (Phi) is 8.64. The number of rotatable bonds is 0. The number of phenolic OH excluding ortho intramolecular Hbond substituents is 1. The maximum atomic E-state index is 8.81. The van der Waals surface area contributed by atoms with Gasteiger partial charge in [-0.05, 0) is 24.6 Å². The smallest absolute Gasteiger partial charge is 1.00 e. The molecule has 1 aromatic rings. The Hall–Kier alpha value is 0.760. The van der Waals surface area contributed by atoms with Crippen LogP contribution in [0.25, 0.3) is 0 Å². The van der Waals surface area contributed by atoms with Gasteiger partial charge in [0.15, 0.2) is 0 Å². The molecule has 0 aromatic heterocycles. The van der Waals surface area contributed by atoms with Gasteiger partial charge in [-0.3, -0.25) is 0 Å². The predicted molar refractivity (Wildman–Crippen MR) is 51.1 cm³/mol. The maximum Gasteiger partial charge on any atom is 2.00 e. The van der Waals surface area contributed by atoms with E-state index in [1.807, 2.05) is 19.1 Å². The molecule has 0 saturated heterocycles. The summed E-state index contributed by atoms with van der Waals surface area (Å²) in [4.78, 5) is 0. The SMILES string of the molecule is Br.Cc1cccc(O)c1.[Ca+2].[H-].[H-]. The van der Waals surface area contributed by atoms with Gasteiger partial charge < -0.3 is 7.96 Å². The van der Waals surface area contributed by atoms with Crippen LogP contribution in [0.3, 0.4) is 0 Å². The van der Waals surface area contributed by atoms with Crippen molar-refractivity contribution < 1.29 is 7.96 Å². The van der Waals surface area contributed by atoms with E-state index in [2.05, 4.69) is 0 Å². The molecule has 0 spiro atoms. The van der Waals surface area contributed by atoms with Crippen molar-refractivity contribution in [1.82, 2.24) is 0 Å². The van der Waals surface area contributed by atoms with Gasteiger partial charge in [-0.25, -0.2) is 0 Å². The van der Waals surface area contributed by atoms with Crippen molar-refractivity contribution in [3.8, 4) is 5.75 Å². The van der Waals surface area contributed by atoms with E-state index in [1.165, 1.54) is 0 Å². The molecule has 0 atom stereocenters. The third-order valence-corrected chi connectivity index (χ3v) is 1.00. The molecule has 1 nitrogen and oxygen atoms in total. The molecule has 3 heteroatoms. The maximum absolute atomic E-state index is 8.81. The molecule has 1 aromatic carbocycles. The minimum atomic E-state index is 0. The molecule has 0 amide bonds. The Labute approximate surface area is 104 Å². The number of hydrogen-bond acceptors (Lipinski definition) is 1. The quantitative estimate of drug-likeness (QED) is 0.678. The van der Waals surface area contributed by atoms with Gasteiger partial charge in [0.1, 0.15) is 5.75 Å². The summed E-state index contributed by atoms with van der Waals surface area (Å²) in [6.07, 6.45) is 0. The fourth-order valence-corrected chi connectivity index (χ4v) is 0.628. The van der Waals surface area contributed by atoms with E-state index in [-0.39, 0.29) is 57.6 Å². The third kappa shape index (κ3) is 4.56. The monoisotopic (exact) mass is 230 g/mol. The predicted octanol–water partition coefficient (Wildman–Crippen LogP) is 2.12.